The second-order valence-corrected chi connectivity index (χ2v) is 7.45. The summed E-state index contributed by atoms with van der Waals surface area (Å²) in [5.74, 6) is 0. The molecule has 0 radical (unpaired) electrons. The van der Waals surface area contributed by atoms with Gasteiger partial charge in [0.25, 0.3) is 0 Å². The van der Waals surface area contributed by atoms with Crippen molar-refractivity contribution < 1.29 is 0 Å². The SMILES string of the molecule is Br.C=CC(C)(C)NCCCCCCCCCCCCCCCC. The van der Waals surface area contributed by atoms with Gasteiger partial charge in [0.05, 0.1) is 0 Å². The highest BCUT2D eigenvalue weighted by atomic mass is 79.9. The molecule has 23 heavy (non-hydrogen) atoms. The molecule has 0 aliphatic carbocycles. The molecular formula is C21H44BrN. The maximum atomic E-state index is 3.86. The topological polar surface area (TPSA) is 12.0 Å². The van der Waals surface area contributed by atoms with E-state index in [0.717, 1.165) is 6.54 Å². The van der Waals surface area contributed by atoms with Gasteiger partial charge in [0.2, 0.25) is 0 Å². The summed E-state index contributed by atoms with van der Waals surface area (Å²) in [7, 11) is 0. The smallest absolute Gasteiger partial charge is 0.0304 e. The molecule has 0 fully saturated rings. The molecular weight excluding hydrogens is 346 g/mol. The minimum Gasteiger partial charge on any atom is -0.308 e. The van der Waals surface area contributed by atoms with Crippen LogP contribution in [0.5, 0.6) is 0 Å². The van der Waals surface area contributed by atoms with Crippen molar-refractivity contribution in [3.05, 3.63) is 12.7 Å². The Morgan fingerprint density at radius 3 is 1.39 bits per heavy atom. The summed E-state index contributed by atoms with van der Waals surface area (Å²) in [5.41, 5.74) is 0.0938. The van der Waals surface area contributed by atoms with Gasteiger partial charge in [0.15, 0.2) is 0 Å². The molecule has 0 heterocycles. The van der Waals surface area contributed by atoms with Crippen LogP contribution in [0.1, 0.15) is 111 Å². The highest BCUT2D eigenvalue weighted by molar-refractivity contribution is 8.93. The third-order valence-corrected chi connectivity index (χ3v) is 4.62. The number of halogens is 1. The number of nitrogens with one attached hydrogen (secondary N) is 1. The van der Waals surface area contributed by atoms with Gasteiger partial charge in [0.1, 0.15) is 0 Å². The Morgan fingerprint density at radius 2 is 1.04 bits per heavy atom. The minimum atomic E-state index is 0. The van der Waals surface area contributed by atoms with E-state index in [4.69, 9.17) is 0 Å². The Morgan fingerprint density at radius 1 is 0.696 bits per heavy atom. The van der Waals surface area contributed by atoms with Crippen LogP contribution >= 0.6 is 17.0 Å². The lowest BCUT2D eigenvalue weighted by Crippen LogP contribution is -2.37. The first-order valence-electron chi connectivity index (χ1n) is 10.0. The third-order valence-electron chi connectivity index (χ3n) is 4.62. The van der Waals surface area contributed by atoms with Gasteiger partial charge in [-0.15, -0.1) is 23.6 Å². The lowest BCUT2D eigenvalue weighted by molar-refractivity contribution is 0.456. The summed E-state index contributed by atoms with van der Waals surface area (Å²) in [5, 5.41) is 3.53. The first-order chi connectivity index (χ1) is 10.6. The predicted octanol–water partition coefficient (Wildman–Crippen LogP) is 7.60. The normalized spacial score (nSPS) is 11.3. The standard InChI is InChI=1S/C21H43N.BrH/c1-5-7-8-9-10-11-12-13-14-15-16-17-18-19-20-22-21(3,4)6-2;/h6,22H,2,5,7-20H2,1,3-4H3;1H. The van der Waals surface area contributed by atoms with Crippen LogP contribution in [0.15, 0.2) is 12.7 Å². The van der Waals surface area contributed by atoms with Gasteiger partial charge in [-0.25, -0.2) is 0 Å². The number of unbranched alkanes of at least 4 members (excludes halogenated alkanes) is 13. The van der Waals surface area contributed by atoms with Gasteiger partial charge in [0, 0.05) is 5.54 Å². The Kier molecular flexibility index (Phi) is 20.5. The maximum Gasteiger partial charge on any atom is 0.0304 e. The van der Waals surface area contributed by atoms with E-state index in [-0.39, 0.29) is 22.5 Å². The van der Waals surface area contributed by atoms with Crippen molar-refractivity contribution >= 4 is 17.0 Å². The van der Waals surface area contributed by atoms with Gasteiger partial charge in [-0.3, -0.25) is 0 Å². The number of hydrogen-bond acceptors (Lipinski definition) is 1. The van der Waals surface area contributed by atoms with Gasteiger partial charge >= 0.3 is 0 Å². The van der Waals surface area contributed by atoms with E-state index in [2.05, 4.69) is 32.7 Å². The van der Waals surface area contributed by atoms with E-state index in [1.54, 1.807) is 0 Å². The molecule has 0 saturated heterocycles. The second-order valence-electron chi connectivity index (χ2n) is 7.45. The summed E-state index contributed by atoms with van der Waals surface area (Å²) in [6, 6.07) is 0. The van der Waals surface area contributed by atoms with Crippen LogP contribution in [0.3, 0.4) is 0 Å². The largest absolute Gasteiger partial charge is 0.308 e. The molecule has 140 valence electrons. The van der Waals surface area contributed by atoms with Crippen molar-refractivity contribution in [2.45, 2.75) is 116 Å². The first-order valence-corrected chi connectivity index (χ1v) is 10.0. The molecule has 0 saturated carbocycles. The van der Waals surface area contributed by atoms with Gasteiger partial charge < -0.3 is 5.32 Å². The molecule has 0 atom stereocenters. The molecule has 0 aromatic heterocycles. The fraction of sp³-hybridized carbons (Fsp3) is 0.905. The van der Waals surface area contributed by atoms with Gasteiger partial charge in [-0.2, -0.15) is 0 Å². The quantitative estimate of drug-likeness (QED) is 0.199. The molecule has 0 aromatic carbocycles. The molecule has 0 aliphatic rings. The first kappa shape index (κ1) is 25.4. The van der Waals surface area contributed by atoms with E-state index in [9.17, 15) is 0 Å². The summed E-state index contributed by atoms with van der Waals surface area (Å²) in [6.45, 7) is 11.6. The fourth-order valence-corrected chi connectivity index (χ4v) is 2.80. The number of hydrogen-bond donors (Lipinski definition) is 1. The molecule has 0 amide bonds. The van der Waals surface area contributed by atoms with Crippen LogP contribution in [0.2, 0.25) is 0 Å². The van der Waals surface area contributed by atoms with E-state index in [0.29, 0.717) is 0 Å². The molecule has 0 aromatic rings. The van der Waals surface area contributed by atoms with Crippen molar-refractivity contribution in [3.63, 3.8) is 0 Å². The van der Waals surface area contributed by atoms with Gasteiger partial charge in [-0.1, -0.05) is 96.5 Å². The highest BCUT2D eigenvalue weighted by Crippen LogP contribution is 2.13. The Balaban J connectivity index is 0. The van der Waals surface area contributed by atoms with Crippen molar-refractivity contribution in [1.82, 2.24) is 5.32 Å². The average Bonchev–Trinajstić information content (AvgIpc) is 2.51. The zero-order chi connectivity index (χ0) is 16.5. The highest BCUT2D eigenvalue weighted by Gasteiger charge is 2.09. The molecule has 0 bridgehead atoms. The molecule has 0 aliphatic heterocycles. The molecule has 0 rings (SSSR count). The van der Waals surface area contributed by atoms with Crippen LogP contribution in [0, 0.1) is 0 Å². The Labute approximate surface area is 157 Å². The van der Waals surface area contributed by atoms with Crippen molar-refractivity contribution in [2.75, 3.05) is 6.54 Å². The molecule has 1 N–H and O–H groups in total. The van der Waals surface area contributed by atoms with Crippen LogP contribution in [0.4, 0.5) is 0 Å². The van der Waals surface area contributed by atoms with E-state index in [1.165, 1.54) is 89.9 Å². The fourth-order valence-electron chi connectivity index (χ4n) is 2.80. The van der Waals surface area contributed by atoms with Crippen LogP contribution < -0.4 is 5.32 Å². The minimum absolute atomic E-state index is 0. The average molecular weight is 390 g/mol. The van der Waals surface area contributed by atoms with Gasteiger partial charge in [-0.05, 0) is 26.8 Å². The van der Waals surface area contributed by atoms with E-state index >= 15 is 0 Å². The molecule has 0 spiro atoms. The van der Waals surface area contributed by atoms with Crippen LogP contribution in [-0.2, 0) is 0 Å². The third kappa shape index (κ3) is 20.1. The summed E-state index contributed by atoms with van der Waals surface area (Å²) >= 11 is 0. The molecule has 0 unspecified atom stereocenters. The van der Waals surface area contributed by atoms with Crippen molar-refractivity contribution in [1.29, 1.82) is 0 Å². The van der Waals surface area contributed by atoms with E-state index in [1.807, 2.05) is 6.08 Å². The number of rotatable bonds is 17. The Hall–Kier alpha value is 0.180. The summed E-state index contributed by atoms with van der Waals surface area (Å²) in [6.07, 6.45) is 22.0. The maximum absolute atomic E-state index is 3.86. The zero-order valence-electron chi connectivity index (χ0n) is 16.3. The molecule has 1 nitrogen and oxygen atoms in total. The summed E-state index contributed by atoms with van der Waals surface area (Å²) in [4.78, 5) is 0. The van der Waals surface area contributed by atoms with Crippen LogP contribution in [-0.4, -0.2) is 12.1 Å². The lowest BCUT2D eigenvalue weighted by atomic mass is 10.0. The van der Waals surface area contributed by atoms with Crippen LogP contribution in [0.25, 0.3) is 0 Å². The summed E-state index contributed by atoms with van der Waals surface area (Å²) < 4.78 is 0. The van der Waals surface area contributed by atoms with Crippen molar-refractivity contribution in [2.24, 2.45) is 0 Å². The van der Waals surface area contributed by atoms with E-state index < -0.39 is 0 Å². The Bertz CT molecular complexity index is 238. The zero-order valence-corrected chi connectivity index (χ0v) is 18.0. The monoisotopic (exact) mass is 389 g/mol. The molecule has 2 heteroatoms. The second kappa shape index (κ2) is 18.5. The van der Waals surface area contributed by atoms with Crippen molar-refractivity contribution in [3.8, 4) is 0 Å². The lowest BCUT2D eigenvalue weighted by Gasteiger charge is -2.21. The predicted molar refractivity (Wildman–Crippen MR) is 113 cm³/mol.